The fraction of sp³-hybridized carbons (Fsp3) is 0.800. The van der Waals surface area contributed by atoms with E-state index in [1.165, 1.54) is 6.42 Å². The van der Waals surface area contributed by atoms with Crippen LogP contribution >= 0.6 is 0 Å². The summed E-state index contributed by atoms with van der Waals surface area (Å²) in [5.41, 5.74) is 0.378. The molecule has 2 atom stereocenters. The lowest BCUT2D eigenvalue weighted by molar-refractivity contribution is -0.141. The van der Waals surface area contributed by atoms with Gasteiger partial charge in [-0.2, -0.15) is 0 Å². The van der Waals surface area contributed by atoms with E-state index in [0.717, 1.165) is 25.1 Å². The van der Waals surface area contributed by atoms with Gasteiger partial charge in [0.15, 0.2) is 0 Å². The first-order chi connectivity index (χ1) is 8.40. The average Bonchev–Trinajstić information content (AvgIpc) is 2.55. The van der Waals surface area contributed by atoms with Gasteiger partial charge in [0.25, 0.3) is 0 Å². The Morgan fingerprint density at radius 2 is 2.33 bits per heavy atom. The molecule has 0 unspecified atom stereocenters. The van der Waals surface area contributed by atoms with Crippen molar-refractivity contribution in [3.63, 3.8) is 0 Å². The lowest BCUT2D eigenvalue weighted by atomic mass is 9.74. The molecule has 0 aromatic carbocycles. The first-order valence-electron chi connectivity index (χ1n) is 7.01. The predicted octanol–water partition coefficient (Wildman–Crippen LogP) is 2.96. The van der Waals surface area contributed by atoms with Crippen LogP contribution in [0.15, 0.2) is 11.8 Å². The Labute approximate surface area is 110 Å². The minimum absolute atomic E-state index is 0.0829. The Balaban J connectivity index is 1.97. The van der Waals surface area contributed by atoms with E-state index >= 15 is 0 Å². The van der Waals surface area contributed by atoms with Gasteiger partial charge < -0.3 is 9.64 Å². The third-order valence-corrected chi connectivity index (χ3v) is 4.38. The number of carbonyl (C=O) groups is 1. The van der Waals surface area contributed by atoms with Gasteiger partial charge in [0.2, 0.25) is 0 Å². The number of fused-ring (bicyclic) bond motifs is 1. The molecule has 0 radical (unpaired) electrons. The Kier molecular flexibility index (Phi) is 3.81. The number of hydrogen-bond donors (Lipinski definition) is 0. The van der Waals surface area contributed by atoms with Gasteiger partial charge >= 0.3 is 5.97 Å². The molecule has 1 fully saturated rings. The molecule has 1 aliphatic heterocycles. The minimum Gasteiger partial charge on any atom is -0.431 e. The number of allylic oxidation sites excluding steroid dienone is 1. The van der Waals surface area contributed by atoms with Crippen LogP contribution in [0.5, 0.6) is 0 Å². The van der Waals surface area contributed by atoms with Crippen LogP contribution < -0.4 is 0 Å². The van der Waals surface area contributed by atoms with Crippen LogP contribution in [0.25, 0.3) is 0 Å². The zero-order valence-electron chi connectivity index (χ0n) is 12.0. The van der Waals surface area contributed by atoms with Crippen molar-refractivity contribution in [2.24, 2.45) is 11.3 Å². The Hall–Kier alpha value is -0.830. The highest BCUT2D eigenvalue weighted by Gasteiger charge is 2.44. The van der Waals surface area contributed by atoms with E-state index in [0.29, 0.717) is 23.8 Å². The van der Waals surface area contributed by atoms with Crippen molar-refractivity contribution < 1.29 is 9.53 Å². The van der Waals surface area contributed by atoms with Gasteiger partial charge in [-0.25, -0.2) is 0 Å². The molecule has 1 heterocycles. The lowest BCUT2D eigenvalue weighted by Crippen LogP contribution is -2.38. The number of hydrogen-bond acceptors (Lipinski definition) is 3. The summed E-state index contributed by atoms with van der Waals surface area (Å²) in [6, 6.07) is 0.532. The number of nitrogens with zero attached hydrogens (tertiary/aromatic N) is 1. The van der Waals surface area contributed by atoms with Gasteiger partial charge in [0, 0.05) is 18.9 Å². The molecule has 0 aromatic rings. The van der Waals surface area contributed by atoms with Crippen molar-refractivity contribution >= 4 is 5.97 Å². The van der Waals surface area contributed by atoms with Crippen molar-refractivity contribution in [3.05, 3.63) is 11.8 Å². The SMILES string of the molecule is CC(C)CC(=O)OC1=CC[C@@]2(C)CCN(C)[C@H]2C1. The van der Waals surface area contributed by atoms with Crippen LogP contribution in [0.2, 0.25) is 0 Å². The van der Waals surface area contributed by atoms with Crippen molar-refractivity contribution in [1.82, 2.24) is 4.90 Å². The molecule has 0 spiro atoms. The van der Waals surface area contributed by atoms with Gasteiger partial charge in [0.1, 0.15) is 5.76 Å². The number of ether oxygens (including phenoxy) is 1. The van der Waals surface area contributed by atoms with Crippen molar-refractivity contribution in [3.8, 4) is 0 Å². The molecule has 1 saturated heterocycles. The largest absolute Gasteiger partial charge is 0.431 e. The van der Waals surface area contributed by atoms with Gasteiger partial charge in [-0.15, -0.1) is 0 Å². The normalized spacial score (nSPS) is 32.3. The first-order valence-corrected chi connectivity index (χ1v) is 7.01. The molecule has 0 bridgehead atoms. The molecule has 0 amide bonds. The van der Waals surface area contributed by atoms with E-state index in [2.05, 4.69) is 24.9 Å². The quantitative estimate of drug-likeness (QED) is 0.722. The van der Waals surface area contributed by atoms with Crippen LogP contribution in [-0.2, 0) is 9.53 Å². The fourth-order valence-electron chi connectivity index (χ4n) is 3.15. The van der Waals surface area contributed by atoms with E-state index in [-0.39, 0.29) is 5.97 Å². The second-order valence-electron chi connectivity index (χ2n) is 6.55. The fourth-order valence-corrected chi connectivity index (χ4v) is 3.15. The summed E-state index contributed by atoms with van der Waals surface area (Å²) in [5.74, 6) is 1.17. The van der Waals surface area contributed by atoms with Crippen molar-refractivity contribution in [2.45, 2.75) is 52.5 Å². The van der Waals surface area contributed by atoms with Gasteiger partial charge in [-0.1, -0.05) is 20.8 Å². The highest BCUT2D eigenvalue weighted by atomic mass is 16.5. The lowest BCUT2D eigenvalue weighted by Gasteiger charge is -2.37. The van der Waals surface area contributed by atoms with Crippen LogP contribution in [-0.4, -0.2) is 30.5 Å². The summed E-state index contributed by atoms with van der Waals surface area (Å²) in [4.78, 5) is 14.1. The van der Waals surface area contributed by atoms with Crippen LogP contribution in [0.3, 0.4) is 0 Å². The number of likely N-dealkylation sites (tertiary alicyclic amines) is 1. The molecular weight excluding hydrogens is 226 g/mol. The summed E-state index contributed by atoms with van der Waals surface area (Å²) in [6.45, 7) is 7.59. The Bertz CT molecular complexity index is 362. The highest BCUT2D eigenvalue weighted by Crippen LogP contribution is 2.45. The second-order valence-corrected chi connectivity index (χ2v) is 6.55. The predicted molar refractivity (Wildman–Crippen MR) is 72.0 cm³/mol. The summed E-state index contributed by atoms with van der Waals surface area (Å²) in [7, 11) is 2.18. The van der Waals surface area contributed by atoms with Gasteiger partial charge in [-0.05, 0) is 43.8 Å². The Morgan fingerprint density at radius 1 is 1.61 bits per heavy atom. The minimum atomic E-state index is -0.0829. The van der Waals surface area contributed by atoms with Gasteiger partial charge in [0.05, 0.1) is 0 Å². The molecule has 2 rings (SSSR count). The zero-order valence-corrected chi connectivity index (χ0v) is 12.0. The van der Waals surface area contributed by atoms with E-state index in [1.807, 2.05) is 13.8 Å². The molecule has 2 aliphatic rings. The summed E-state index contributed by atoms with van der Waals surface area (Å²) in [6.07, 6.45) is 5.81. The van der Waals surface area contributed by atoms with E-state index in [9.17, 15) is 4.79 Å². The number of esters is 1. The molecule has 3 nitrogen and oxygen atoms in total. The highest BCUT2D eigenvalue weighted by molar-refractivity contribution is 5.70. The maximum absolute atomic E-state index is 11.7. The van der Waals surface area contributed by atoms with Crippen LogP contribution in [0.1, 0.15) is 46.5 Å². The number of carbonyl (C=O) groups excluding carboxylic acids is 1. The van der Waals surface area contributed by atoms with E-state index in [4.69, 9.17) is 4.74 Å². The van der Waals surface area contributed by atoms with Crippen LogP contribution in [0.4, 0.5) is 0 Å². The summed E-state index contributed by atoms with van der Waals surface area (Å²) >= 11 is 0. The molecule has 1 aliphatic carbocycles. The molecule has 0 saturated carbocycles. The van der Waals surface area contributed by atoms with E-state index in [1.54, 1.807) is 0 Å². The molecule has 0 N–H and O–H groups in total. The Morgan fingerprint density at radius 3 is 3.00 bits per heavy atom. The smallest absolute Gasteiger partial charge is 0.311 e. The van der Waals surface area contributed by atoms with Crippen LogP contribution in [0, 0.1) is 11.3 Å². The zero-order chi connectivity index (χ0) is 13.3. The first kappa shape index (κ1) is 13.6. The molecule has 102 valence electrons. The van der Waals surface area contributed by atoms with Crippen molar-refractivity contribution in [2.75, 3.05) is 13.6 Å². The molecular formula is C15H25NO2. The van der Waals surface area contributed by atoms with Gasteiger partial charge in [-0.3, -0.25) is 4.79 Å². The van der Waals surface area contributed by atoms with E-state index < -0.39 is 0 Å². The monoisotopic (exact) mass is 251 g/mol. The molecule has 0 aromatic heterocycles. The standard InChI is InChI=1S/C15H25NO2/c1-11(2)9-14(17)18-12-5-6-15(3)7-8-16(4)13(15)10-12/h5,11,13H,6-10H2,1-4H3/t13-,15-/m0/s1. The third-order valence-electron chi connectivity index (χ3n) is 4.38. The maximum Gasteiger partial charge on any atom is 0.311 e. The molecule has 18 heavy (non-hydrogen) atoms. The van der Waals surface area contributed by atoms with Crippen molar-refractivity contribution in [1.29, 1.82) is 0 Å². The molecule has 3 heteroatoms. The summed E-state index contributed by atoms with van der Waals surface area (Å²) < 4.78 is 5.50. The topological polar surface area (TPSA) is 29.5 Å². The maximum atomic E-state index is 11.7. The number of rotatable bonds is 3. The second kappa shape index (κ2) is 5.04. The summed E-state index contributed by atoms with van der Waals surface area (Å²) in [5, 5.41) is 0. The third kappa shape index (κ3) is 2.77. The average molecular weight is 251 g/mol.